The lowest BCUT2D eigenvalue weighted by Gasteiger charge is -2.07. The first-order valence-corrected chi connectivity index (χ1v) is 9.76. The zero-order chi connectivity index (χ0) is 20.2. The lowest BCUT2D eigenvalue weighted by Crippen LogP contribution is -2.30. The molecule has 1 heterocycles. The van der Waals surface area contributed by atoms with E-state index in [0.717, 1.165) is 5.56 Å². The molecule has 146 valence electrons. The normalized spacial score (nSPS) is 11.3. The number of benzene rings is 1. The van der Waals surface area contributed by atoms with Crippen LogP contribution in [-0.2, 0) is 26.0 Å². The molecular formula is C18H22N2O6S. The molecule has 9 heteroatoms. The Morgan fingerprint density at radius 2 is 1.74 bits per heavy atom. The zero-order valence-corrected chi connectivity index (χ0v) is 16.2. The molecule has 0 aliphatic carbocycles. The van der Waals surface area contributed by atoms with Crippen LogP contribution in [0.1, 0.15) is 33.0 Å². The molecule has 27 heavy (non-hydrogen) atoms. The highest BCUT2D eigenvalue weighted by molar-refractivity contribution is 7.89. The number of amides is 1. The van der Waals surface area contributed by atoms with Gasteiger partial charge in [0, 0.05) is 12.1 Å². The van der Waals surface area contributed by atoms with E-state index in [1.54, 1.807) is 32.9 Å². The number of aryl methyl sites for hydroxylation is 2. The number of hydrogen-bond acceptors (Lipinski definition) is 6. The van der Waals surface area contributed by atoms with Gasteiger partial charge in [0.25, 0.3) is 5.91 Å². The van der Waals surface area contributed by atoms with Crippen LogP contribution in [0, 0.1) is 20.8 Å². The van der Waals surface area contributed by atoms with Crippen molar-refractivity contribution in [1.29, 1.82) is 0 Å². The van der Waals surface area contributed by atoms with Crippen LogP contribution in [0.2, 0.25) is 0 Å². The van der Waals surface area contributed by atoms with E-state index in [0.29, 0.717) is 35.6 Å². The van der Waals surface area contributed by atoms with Crippen LogP contribution < -0.4 is 10.5 Å². The summed E-state index contributed by atoms with van der Waals surface area (Å²) in [4.78, 5) is 23.9. The number of sulfonamides is 1. The third kappa shape index (κ3) is 5.41. The van der Waals surface area contributed by atoms with Crippen LogP contribution in [0.15, 0.2) is 33.6 Å². The summed E-state index contributed by atoms with van der Waals surface area (Å²) in [6.45, 7) is 5.09. The molecule has 0 radical (unpaired) electrons. The largest absolute Gasteiger partial charge is 0.465 e. The minimum atomic E-state index is -3.72. The summed E-state index contributed by atoms with van der Waals surface area (Å²) in [5.41, 5.74) is 1.87. The molecule has 2 aromatic rings. The molecule has 0 fully saturated rings. The van der Waals surface area contributed by atoms with Gasteiger partial charge in [-0.05, 0) is 44.9 Å². The number of carbonyl (C=O) groups is 2. The lowest BCUT2D eigenvalue weighted by molar-refractivity contribution is -0.124. The molecule has 3 N–H and O–H groups in total. The molecule has 0 atom stereocenters. The molecule has 0 bridgehead atoms. The first-order valence-electron chi connectivity index (χ1n) is 8.21. The van der Waals surface area contributed by atoms with Crippen molar-refractivity contribution in [1.82, 2.24) is 5.32 Å². The molecule has 0 spiro atoms. The molecule has 0 saturated carbocycles. The molecule has 1 aromatic carbocycles. The van der Waals surface area contributed by atoms with Gasteiger partial charge in [-0.3, -0.25) is 4.79 Å². The Bertz CT molecular complexity index is 945. The second-order valence-corrected chi connectivity index (χ2v) is 7.64. The number of furan rings is 1. The highest BCUT2D eigenvalue weighted by Gasteiger charge is 2.20. The maximum atomic E-state index is 12.1. The highest BCUT2D eigenvalue weighted by Crippen LogP contribution is 2.21. The first kappa shape index (κ1) is 20.7. The van der Waals surface area contributed by atoms with E-state index in [2.05, 4.69) is 5.32 Å². The van der Waals surface area contributed by atoms with Crippen LogP contribution in [0.5, 0.6) is 0 Å². The summed E-state index contributed by atoms with van der Waals surface area (Å²) in [6, 6.07) is 6.06. The van der Waals surface area contributed by atoms with Gasteiger partial charge in [-0.25, -0.2) is 18.4 Å². The number of ether oxygens (including phenoxy) is 1. The van der Waals surface area contributed by atoms with Crippen LogP contribution in [-0.4, -0.2) is 33.4 Å². The number of rotatable bonds is 7. The molecular weight excluding hydrogens is 372 g/mol. The van der Waals surface area contributed by atoms with Crippen molar-refractivity contribution >= 4 is 21.9 Å². The van der Waals surface area contributed by atoms with Crippen LogP contribution in [0.4, 0.5) is 0 Å². The Morgan fingerprint density at radius 1 is 1.11 bits per heavy atom. The Kier molecular flexibility index (Phi) is 6.40. The van der Waals surface area contributed by atoms with Gasteiger partial charge in [0.1, 0.15) is 17.1 Å². The van der Waals surface area contributed by atoms with Gasteiger partial charge in [-0.1, -0.05) is 12.1 Å². The average Bonchev–Trinajstić information content (AvgIpc) is 2.84. The van der Waals surface area contributed by atoms with E-state index in [-0.39, 0.29) is 4.90 Å². The molecule has 0 aliphatic heterocycles. The molecule has 8 nitrogen and oxygen atoms in total. The monoisotopic (exact) mass is 394 g/mol. The Labute approximate surface area is 157 Å². The predicted molar refractivity (Wildman–Crippen MR) is 97.7 cm³/mol. The summed E-state index contributed by atoms with van der Waals surface area (Å²) in [5, 5.41) is 7.67. The number of nitrogens with two attached hydrogens (primary N) is 1. The van der Waals surface area contributed by atoms with Crippen molar-refractivity contribution in [3.8, 4) is 0 Å². The molecule has 2 rings (SSSR count). The SMILES string of the molecule is Cc1oc(C)c(C(=O)OCC(=O)NCCc2ccc(S(N)(=O)=O)cc2)c1C. The number of esters is 1. The third-order valence-corrected chi connectivity index (χ3v) is 5.02. The minimum Gasteiger partial charge on any atom is -0.465 e. The third-order valence-electron chi connectivity index (χ3n) is 4.09. The summed E-state index contributed by atoms with van der Waals surface area (Å²) in [5.74, 6) is 0.0614. The van der Waals surface area contributed by atoms with Crippen molar-refractivity contribution < 1.29 is 27.2 Å². The molecule has 0 saturated heterocycles. The molecule has 0 aliphatic rings. The van der Waals surface area contributed by atoms with Gasteiger partial charge < -0.3 is 14.5 Å². The van der Waals surface area contributed by atoms with Gasteiger partial charge in [0.2, 0.25) is 10.0 Å². The number of hydrogen-bond donors (Lipinski definition) is 2. The second-order valence-electron chi connectivity index (χ2n) is 6.08. The standard InChI is InChI=1S/C18H22N2O6S/c1-11-12(2)26-13(3)17(11)18(22)25-10-16(21)20-9-8-14-4-6-15(7-5-14)27(19,23)24/h4-7H,8-10H2,1-3H3,(H,20,21)(H2,19,23,24). The number of nitrogens with one attached hydrogen (secondary N) is 1. The molecule has 0 unspecified atom stereocenters. The van der Waals surface area contributed by atoms with Gasteiger partial charge in [-0.15, -0.1) is 0 Å². The van der Waals surface area contributed by atoms with Crippen LogP contribution in [0.3, 0.4) is 0 Å². The maximum absolute atomic E-state index is 12.1. The van der Waals surface area contributed by atoms with E-state index in [1.165, 1.54) is 12.1 Å². The smallest absolute Gasteiger partial charge is 0.342 e. The van der Waals surface area contributed by atoms with Crippen molar-refractivity contribution in [3.05, 3.63) is 52.5 Å². The summed E-state index contributed by atoms with van der Waals surface area (Å²) in [6.07, 6.45) is 0.490. The van der Waals surface area contributed by atoms with E-state index in [1.807, 2.05) is 0 Å². The van der Waals surface area contributed by atoms with Gasteiger partial charge in [-0.2, -0.15) is 0 Å². The van der Waals surface area contributed by atoms with E-state index in [9.17, 15) is 18.0 Å². The molecule has 1 amide bonds. The van der Waals surface area contributed by atoms with Crippen molar-refractivity contribution in [3.63, 3.8) is 0 Å². The number of carbonyl (C=O) groups excluding carboxylic acids is 2. The summed E-state index contributed by atoms with van der Waals surface area (Å²) >= 11 is 0. The van der Waals surface area contributed by atoms with Crippen LogP contribution >= 0.6 is 0 Å². The van der Waals surface area contributed by atoms with Crippen LogP contribution in [0.25, 0.3) is 0 Å². The number of primary sulfonamides is 1. The van der Waals surface area contributed by atoms with Crippen molar-refractivity contribution in [2.24, 2.45) is 5.14 Å². The fourth-order valence-corrected chi connectivity index (χ4v) is 3.06. The van der Waals surface area contributed by atoms with Gasteiger partial charge >= 0.3 is 5.97 Å². The highest BCUT2D eigenvalue weighted by atomic mass is 32.2. The van der Waals surface area contributed by atoms with E-state index >= 15 is 0 Å². The second kappa shape index (κ2) is 8.36. The fourth-order valence-electron chi connectivity index (χ4n) is 2.54. The Morgan fingerprint density at radius 3 is 2.26 bits per heavy atom. The predicted octanol–water partition coefficient (Wildman–Crippen LogP) is 1.37. The summed E-state index contributed by atoms with van der Waals surface area (Å²) < 4.78 is 32.8. The minimum absolute atomic E-state index is 0.0299. The fraction of sp³-hybridized carbons (Fsp3) is 0.333. The van der Waals surface area contributed by atoms with Crippen molar-refractivity contribution in [2.75, 3.05) is 13.2 Å². The first-order chi connectivity index (χ1) is 12.6. The van der Waals surface area contributed by atoms with Gasteiger partial charge in [0.05, 0.1) is 4.90 Å². The Hall–Kier alpha value is -2.65. The quantitative estimate of drug-likeness (QED) is 0.683. The average molecular weight is 394 g/mol. The zero-order valence-electron chi connectivity index (χ0n) is 15.4. The topological polar surface area (TPSA) is 129 Å². The maximum Gasteiger partial charge on any atom is 0.342 e. The molecule has 1 aromatic heterocycles. The van der Waals surface area contributed by atoms with E-state index < -0.39 is 28.5 Å². The summed E-state index contributed by atoms with van der Waals surface area (Å²) in [7, 11) is -3.72. The van der Waals surface area contributed by atoms with E-state index in [4.69, 9.17) is 14.3 Å². The Balaban J connectivity index is 1.79. The van der Waals surface area contributed by atoms with Crippen molar-refractivity contribution in [2.45, 2.75) is 32.1 Å². The lowest BCUT2D eigenvalue weighted by atomic mass is 10.1. The van der Waals surface area contributed by atoms with Gasteiger partial charge in [0.15, 0.2) is 6.61 Å².